The fourth-order valence-electron chi connectivity index (χ4n) is 4.44. The molecule has 2 aliphatic heterocycles. The Balaban J connectivity index is 0.00000320. The highest BCUT2D eigenvalue weighted by Crippen LogP contribution is 2.21. The second kappa shape index (κ2) is 12.5. The van der Waals surface area contributed by atoms with Crippen LogP contribution in [0.3, 0.4) is 0 Å². The van der Waals surface area contributed by atoms with Gasteiger partial charge in [-0.15, -0.1) is 24.0 Å². The van der Waals surface area contributed by atoms with Crippen molar-refractivity contribution in [3.8, 4) is 0 Å². The molecule has 0 saturated carbocycles. The summed E-state index contributed by atoms with van der Waals surface area (Å²) < 4.78 is 0. The van der Waals surface area contributed by atoms with Crippen molar-refractivity contribution in [1.82, 2.24) is 20.0 Å². The number of hydrogen-bond acceptors (Lipinski definition) is 3. The first-order valence-corrected chi connectivity index (χ1v) is 11.1. The third kappa shape index (κ3) is 7.11. The summed E-state index contributed by atoms with van der Waals surface area (Å²) in [5.41, 5.74) is 1.40. The van der Waals surface area contributed by atoms with Crippen LogP contribution in [0.5, 0.6) is 0 Å². The molecule has 0 aliphatic carbocycles. The lowest BCUT2D eigenvalue weighted by atomic mass is 9.99. The van der Waals surface area contributed by atoms with E-state index in [1.165, 1.54) is 31.4 Å². The Morgan fingerprint density at radius 2 is 1.97 bits per heavy atom. The summed E-state index contributed by atoms with van der Waals surface area (Å²) in [6.07, 6.45) is 4.78. The van der Waals surface area contributed by atoms with Crippen LogP contribution >= 0.6 is 24.0 Å². The number of halogens is 1. The van der Waals surface area contributed by atoms with Crippen LogP contribution in [0.15, 0.2) is 35.3 Å². The van der Waals surface area contributed by atoms with Gasteiger partial charge < -0.3 is 15.1 Å². The molecule has 0 radical (unpaired) electrons. The molecular weight excluding hydrogens is 489 g/mol. The number of benzene rings is 1. The normalized spacial score (nSPS) is 22.1. The molecule has 30 heavy (non-hydrogen) atoms. The minimum atomic E-state index is 0. The minimum Gasteiger partial charge on any atom is -0.355 e. The summed E-state index contributed by atoms with van der Waals surface area (Å²) in [5.74, 6) is 1.58. The van der Waals surface area contributed by atoms with E-state index in [1.54, 1.807) is 19.0 Å². The van der Waals surface area contributed by atoms with E-state index in [-0.39, 0.29) is 36.4 Å². The minimum absolute atomic E-state index is 0. The molecule has 2 fully saturated rings. The van der Waals surface area contributed by atoms with Crippen LogP contribution in [-0.2, 0) is 11.2 Å². The smallest absolute Gasteiger partial charge is 0.243 e. The first-order chi connectivity index (χ1) is 14.1. The van der Waals surface area contributed by atoms with Gasteiger partial charge in [-0.25, -0.2) is 4.99 Å². The maximum atomic E-state index is 12.1. The summed E-state index contributed by atoms with van der Waals surface area (Å²) >= 11 is 0. The molecule has 1 aromatic rings. The number of carbonyl (C=O) groups is 1. The molecule has 7 heteroatoms. The van der Waals surface area contributed by atoms with Crippen molar-refractivity contribution in [2.75, 3.05) is 53.4 Å². The molecule has 1 amide bonds. The van der Waals surface area contributed by atoms with Crippen LogP contribution in [0.4, 0.5) is 0 Å². The van der Waals surface area contributed by atoms with Crippen molar-refractivity contribution >= 4 is 35.8 Å². The maximum absolute atomic E-state index is 12.1. The standard InChI is InChI=1S/C23H37N5O.HI/c1-4-27-13-8-11-21(27)16-24-23(25-17-22(29)26(2)3)28-14-12-20(18-28)15-19-9-6-5-7-10-19;/h5-7,9-10,20-21H,4,8,11-18H2,1-3H3,(H,24,25);1H. The van der Waals surface area contributed by atoms with Gasteiger partial charge in [0.05, 0.1) is 0 Å². The predicted molar refractivity (Wildman–Crippen MR) is 135 cm³/mol. The van der Waals surface area contributed by atoms with Gasteiger partial charge in [-0.1, -0.05) is 37.3 Å². The van der Waals surface area contributed by atoms with E-state index in [1.807, 2.05) is 0 Å². The molecule has 0 aromatic heterocycles. The number of nitrogens with zero attached hydrogens (tertiary/aromatic N) is 4. The summed E-state index contributed by atoms with van der Waals surface area (Å²) in [6, 6.07) is 11.3. The van der Waals surface area contributed by atoms with Gasteiger partial charge in [0.2, 0.25) is 5.91 Å². The number of likely N-dealkylation sites (tertiary alicyclic amines) is 2. The molecule has 0 spiro atoms. The summed E-state index contributed by atoms with van der Waals surface area (Å²) in [6.45, 7) is 7.64. The second-order valence-corrected chi connectivity index (χ2v) is 8.52. The average molecular weight is 527 g/mol. The van der Waals surface area contributed by atoms with E-state index < -0.39 is 0 Å². The van der Waals surface area contributed by atoms with Gasteiger partial charge in [-0.2, -0.15) is 0 Å². The largest absolute Gasteiger partial charge is 0.355 e. The van der Waals surface area contributed by atoms with E-state index >= 15 is 0 Å². The molecule has 3 rings (SSSR count). The van der Waals surface area contributed by atoms with Crippen LogP contribution < -0.4 is 5.32 Å². The molecule has 2 unspecified atom stereocenters. The maximum Gasteiger partial charge on any atom is 0.243 e. The number of carbonyl (C=O) groups excluding carboxylic acids is 1. The van der Waals surface area contributed by atoms with E-state index in [4.69, 9.17) is 4.99 Å². The van der Waals surface area contributed by atoms with Crippen LogP contribution in [0.25, 0.3) is 0 Å². The highest BCUT2D eigenvalue weighted by atomic mass is 127. The Morgan fingerprint density at radius 3 is 2.67 bits per heavy atom. The SMILES string of the molecule is CCN1CCCC1CNC(=NCC(=O)N(C)C)N1CCC(Cc2ccccc2)C1.I. The fourth-order valence-corrected chi connectivity index (χ4v) is 4.44. The zero-order valence-electron chi connectivity index (χ0n) is 18.7. The second-order valence-electron chi connectivity index (χ2n) is 8.52. The fraction of sp³-hybridized carbons (Fsp3) is 0.652. The van der Waals surface area contributed by atoms with Gasteiger partial charge >= 0.3 is 0 Å². The van der Waals surface area contributed by atoms with E-state index in [0.29, 0.717) is 12.0 Å². The van der Waals surface area contributed by atoms with Crippen molar-refractivity contribution in [2.45, 2.75) is 38.6 Å². The zero-order valence-corrected chi connectivity index (χ0v) is 21.0. The molecule has 168 valence electrons. The highest BCUT2D eigenvalue weighted by molar-refractivity contribution is 14.0. The van der Waals surface area contributed by atoms with Crippen LogP contribution in [0, 0.1) is 5.92 Å². The molecule has 1 aromatic carbocycles. The third-order valence-electron chi connectivity index (χ3n) is 6.22. The lowest BCUT2D eigenvalue weighted by Crippen LogP contribution is -2.46. The van der Waals surface area contributed by atoms with Gasteiger partial charge in [0.25, 0.3) is 0 Å². The van der Waals surface area contributed by atoms with Gasteiger partial charge in [0.15, 0.2) is 5.96 Å². The van der Waals surface area contributed by atoms with E-state index in [9.17, 15) is 4.79 Å². The first kappa shape index (κ1) is 24.9. The Bertz CT molecular complexity index is 681. The molecule has 2 saturated heterocycles. The quantitative estimate of drug-likeness (QED) is 0.337. The molecule has 0 bridgehead atoms. The Labute approximate surface area is 199 Å². The van der Waals surface area contributed by atoms with Gasteiger partial charge in [0, 0.05) is 39.8 Å². The number of nitrogens with one attached hydrogen (secondary N) is 1. The Hall–Kier alpha value is -1.35. The molecule has 1 N–H and O–H groups in total. The van der Waals surface area contributed by atoms with Crippen molar-refractivity contribution in [3.05, 3.63) is 35.9 Å². The number of rotatable bonds is 7. The summed E-state index contributed by atoms with van der Waals surface area (Å²) in [4.78, 5) is 23.3. The molecule has 2 heterocycles. The monoisotopic (exact) mass is 527 g/mol. The molecule has 2 aliphatic rings. The highest BCUT2D eigenvalue weighted by Gasteiger charge is 2.27. The Kier molecular flexibility index (Phi) is 10.4. The Morgan fingerprint density at radius 1 is 1.20 bits per heavy atom. The van der Waals surface area contributed by atoms with E-state index in [0.717, 1.165) is 38.6 Å². The van der Waals surface area contributed by atoms with Crippen molar-refractivity contribution < 1.29 is 4.79 Å². The first-order valence-electron chi connectivity index (χ1n) is 11.1. The topological polar surface area (TPSA) is 51.2 Å². The number of hydrogen-bond donors (Lipinski definition) is 1. The van der Waals surface area contributed by atoms with Gasteiger partial charge in [0.1, 0.15) is 6.54 Å². The van der Waals surface area contributed by atoms with Gasteiger partial charge in [-0.3, -0.25) is 9.69 Å². The van der Waals surface area contributed by atoms with Crippen molar-refractivity contribution in [3.63, 3.8) is 0 Å². The molecule has 2 atom stereocenters. The summed E-state index contributed by atoms with van der Waals surface area (Å²) in [7, 11) is 3.57. The lowest BCUT2D eigenvalue weighted by molar-refractivity contribution is -0.127. The number of aliphatic imine (C=N–C) groups is 1. The van der Waals surface area contributed by atoms with Crippen LogP contribution in [-0.4, -0.2) is 86.0 Å². The number of likely N-dealkylation sites (N-methyl/N-ethyl adjacent to an activating group) is 2. The average Bonchev–Trinajstić information content (AvgIpc) is 3.37. The third-order valence-corrected chi connectivity index (χ3v) is 6.22. The predicted octanol–water partition coefficient (Wildman–Crippen LogP) is 2.69. The zero-order chi connectivity index (χ0) is 20.6. The van der Waals surface area contributed by atoms with Crippen molar-refractivity contribution in [1.29, 1.82) is 0 Å². The van der Waals surface area contributed by atoms with Crippen LogP contribution in [0.2, 0.25) is 0 Å². The van der Waals surface area contributed by atoms with Gasteiger partial charge in [-0.05, 0) is 50.3 Å². The molecular formula is C23H38IN5O. The van der Waals surface area contributed by atoms with Crippen molar-refractivity contribution in [2.24, 2.45) is 10.9 Å². The summed E-state index contributed by atoms with van der Waals surface area (Å²) in [5, 5.41) is 3.61. The lowest BCUT2D eigenvalue weighted by Gasteiger charge is -2.27. The molecule has 6 nitrogen and oxygen atoms in total. The van der Waals surface area contributed by atoms with Crippen LogP contribution in [0.1, 0.15) is 31.7 Å². The number of guanidine groups is 1. The van der Waals surface area contributed by atoms with E-state index in [2.05, 4.69) is 52.4 Å². The number of amides is 1.